The van der Waals surface area contributed by atoms with E-state index >= 15 is 0 Å². The number of halogens is 1. The van der Waals surface area contributed by atoms with E-state index in [-0.39, 0.29) is 24.0 Å². The Kier molecular flexibility index (Phi) is 9.16. The number of nitrogens with one attached hydrogen (secondary N) is 2. The largest absolute Gasteiger partial charge is 0.489 e. The first-order chi connectivity index (χ1) is 14.1. The fourth-order valence-electron chi connectivity index (χ4n) is 3.10. The van der Waals surface area contributed by atoms with Gasteiger partial charge in [0.15, 0.2) is 5.96 Å². The van der Waals surface area contributed by atoms with Crippen LogP contribution in [-0.2, 0) is 26.7 Å². The van der Waals surface area contributed by atoms with Crippen LogP contribution in [-0.4, -0.2) is 22.8 Å². The van der Waals surface area contributed by atoms with Crippen LogP contribution in [0.25, 0.3) is 0 Å². The Balaban J connectivity index is 0.00000320. The lowest BCUT2D eigenvalue weighted by Gasteiger charge is -2.13. The predicted molar refractivity (Wildman–Crippen MR) is 132 cm³/mol. The van der Waals surface area contributed by atoms with Crippen LogP contribution in [0.3, 0.4) is 0 Å². The molecule has 3 aromatic rings. The summed E-state index contributed by atoms with van der Waals surface area (Å²) in [5.41, 5.74) is 5.73. The van der Waals surface area contributed by atoms with Crippen molar-refractivity contribution < 1.29 is 4.74 Å². The monoisotopic (exact) mass is 519 g/mol. The summed E-state index contributed by atoms with van der Waals surface area (Å²) in [5.74, 6) is 1.62. The minimum atomic E-state index is 0. The van der Waals surface area contributed by atoms with Gasteiger partial charge in [-0.3, -0.25) is 9.67 Å². The molecule has 0 aliphatic heterocycles. The standard InChI is InChI=1S/C23H29N5O.HI/c1-17-22(18(2)28(4)27-17)15-26-23(24-3)25-14-19-10-12-21(13-11-19)29-16-20-8-6-5-7-9-20;/h5-13H,14-16H2,1-4H3,(H2,24,25,26);1H. The van der Waals surface area contributed by atoms with Crippen LogP contribution in [0.4, 0.5) is 0 Å². The zero-order chi connectivity index (χ0) is 20.6. The molecule has 6 nitrogen and oxygen atoms in total. The van der Waals surface area contributed by atoms with Gasteiger partial charge in [0.1, 0.15) is 12.4 Å². The van der Waals surface area contributed by atoms with Crippen molar-refractivity contribution in [1.29, 1.82) is 0 Å². The van der Waals surface area contributed by atoms with E-state index in [1.807, 2.05) is 49.0 Å². The number of aromatic nitrogens is 2. The molecule has 160 valence electrons. The highest BCUT2D eigenvalue weighted by molar-refractivity contribution is 14.0. The van der Waals surface area contributed by atoms with Crippen LogP contribution in [0.15, 0.2) is 59.6 Å². The Morgan fingerprint density at radius 3 is 2.23 bits per heavy atom. The third-order valence-electron chi connectivity index (χ3n) is 4.95. The van der Waals surface area contributed by atoms with Crippen LogP contribution in [0.5, 0.6) is 5.75 Å². The molecule has 0 aliphatic carbocycles. The zero-order valence-electron chi connectivity index (χ0n) is 18.0. The maximum absolute atomic E-state index is 5.84. The molecule has 0 amide bonds. The van der Waals surface area contributed by atoms with Gasteiger partial charge >= 0.3 is 0 Å². The number of hydrogen-bond donors (Lipinski definition) is 2. The van der Waals surface area contributed by atoms with E-state index in [9.17, 15) is 0 Å². The SMILES string of the molecule is CN=C(NCc1ccc(OCc2ccccc2)cc1)NCc1c(C)nn(C)c1C.I. The second-order valence-electron chi connectivity index (χ2n) is 6.97. The number of aliphatic imine (C=N–C) groups is 1. The maximum atomic E-state index is 5.84. The molecule has 30 heavy (non-hydrogen) atoms. The number of hydrogen-bond acceptors (Lipinski definition) is 3. The van der Waals surface area contributed by atoms with Crippen LogP contribution >= 0.6 is 24.0 Å². The minimum absolute atomic E-state index is 0. The smallest absolute Gasteiger partial charge is 0.191 e. The van der Waals surface area contributed by atoms with Crippen LogP contribution in [0.2, 0.25) is 0 Å². The molecule has 0 saturated heterocycles. The molecule has 0 bridgehead atoms. The predicted octanol–water partition coefficient (Wildman–Crippen LogP) is 4.10. The molecule has 0 fully saturated rings. The van der Waals surface area contributed by atoms with Crippen LogP contribution in [0.1, 0.15) is 28.1 Å². The average Bonchev–Trinajstić information content (AvgIpc) is 2.99. The molecule has 0 spiro atoms. The molecule has 0 radical (unpaired) electrons. The fraction of sp³-hybridized carbons (Fsp3) is 0.304. The molecular formula is C23H30IN5O. The van der Waals surface area contributed by atoms with Crippen molar-refractivity contribution in [2.24, 2.45) is 12.0 Å². The van der Waals surface area contributed by atoms with Gasteiger partial charge in [0.2, 0.25) is 0 Å². The van der Waals surface area contributed by atoms with Crippen molar-refractivity contribution in [3.63, 3.8) is 0 Å². The summed E-state index contributed by atoms with van der Waals surface area (Å²) in [6, 6.07) is 18.3. The van der Waals surface area contributed by atoms with Gasteiger partial charge in [-0.25, -0.2) is 0 Å². The zero-order valence-corrected chi connectivity index (χ0v) is 20.3. The fourth-order valence-corrected chi connectivity index (χ4v) is 3.10. The van der Waals surface area contributed by atoms with Gasteiger partial charge in [-0.1, -0.05) is 42.5 Å². The number of nitrogens with zero attached hydrogens (tertiary/aromatic N) is 3. The Hall–Kier alpha value is -2.55. The van der Waals surface area contributed by atoms with Crippen molar-refractivity contribution in [2.45, 2.75) is 33.5 Å². The van der Waals surface area contributed by atoms with Gasteiger partial charge in [-0.05, 0) is 37.1 Å². The number of rotatable bonds is 7. The minimum Gasteiger partial charge on any atom is -0.489 e. The van der Waals surface area contributed by atoms with Crippen molar-refractivity contribution >= 4 is 29.9 Å². The summed E-state index contributed by atoms with van der Waals surface area (Å²) in [6.45, 7) is 6.06. The molecule has 0 saturated carbocycles. The Bertz CT molecular complexity index is 952. The Morgan fingerprint density at radius 1 is 0.967 bits per heavy atom. The van der Waals surface area contributed by atoms with Gasteiger partial charge in [0, 0.05) is 38.4 Å². The third kappa shape index (κ3) is 6.48. The van der Waals surface area contributed by atoms with Gasteiger partial charge in [-0.15, -0.1) is 24.0 Å². The van der Waals surface area contributed by atoms with E-state index < -0.39 is 0 Å². The highest BCUT2D eigenvalue weighted by Crippen LogP contribution is 2.14. The Morgan fingerprint density at radius 2 is 1.63 bits per heavy atom. The van der Waals surface area contributed by atoms with Crippen molar-refractivity contribution in [3.05, 3.63) is 82.7 Å². The Labute approximate surface area is 195 Å². The molecule has 0 aliphatic rings. The molecule has 1 aromatic heterocycles. The summed E-state index contributed by atoms with van der Waals surface area (Å²) in [5, 5.41) is 11.2. The summed E-state index contributed by atoms with van der Waals surface area (Å²) in [7, 11) is 3.74. The van der Waals surface area contributed by atoms with Gasteiger partial charge in [0.05, 0.1) is 5.69 Å². The number of aryl methyl sites for hydroxylation is 2. The molecule has 0 atom stereocenters. The van der Waals surface area contributed by atoms with E-state index in [4.69, 9.17) is 4.74 Å². The van der Waals surface area contributed by atoms with Crippen LogP contribution in [0, 0.1) is 13.8 Å². The first kappa shape index (κ1) is 23.7. The molecule has 3 rings (SSSR count). The summed E-state index contributed by atoms with van der Waals surface area (Å²) in [6.07, 6.45) is 0. The van der Waals surface area contributed by atoms with E-state index in [1.165, 1.54) is 5.56 Å². The molecule has 7 heteroatoms. The highest BCUT2D eigenvalue weighted by Gasteiger charge is 2.09. The third-order valence-corrected chi connectivity index (χ3v) is 4.95. The average molecular weight is 519 g/mol. The molecule has 1 heterocycles. The van der Waals surface area contributed by atoms with Crippen molar-refractivity contribution in [1.82, 2.24) is 20.4 Å². The maximum Gasteiger partial charge on any atom is 0.191 e. The second-order valence-corrected chi connectivity index (χ2v) is 6.97. The van der Waals surface area contributed by atoms with E-state index in [0.29, 0.717) is 19.7 Å². The van der Waals surface area contributed by atoms with E-state index in [1.54, 1.807) is 7.05 Å². The highest BCUT2D eigenvalue weighted by atomic mass is 127. The molecule has 2 N–H and O–H groups in total. The summed E-state index contributed by atoms with van der Waals surface area (Å²) in [4.78, 5) is 4.31. The quantitative estimate of drug-likeness (QED) is 0.281. The van der Waals surface area contributed by atoms with Crippen LogP contribution < -0.4 is 15.4 Å². The molecule has 2 aromatic carbocycles. The normalized spacial score (nSPS) is 11.0. The van der Waals surface area contributed by atoms with Gasteiger partial charge in [0.25, 0.3) is 0 Å². The lowest BCUT2D eigenvalue weighted by molar-refractivity contribution is 0.306. The van der Waals surface area contributed by atoms with E-state index in [0.717, 1.165) is 34.2 Å². The van der Waals surface area contributed by atoms with Gasteiger partial charge < -0.3 is 15.4 Å². The number of guanidine groups is 1. The summed E-state index contributed by atoms with van der Waals surface area (Å²) < 4.78 is 7.75. The first-order valence-electron chi connectivity index (χ1n) is 9.76. The van der Waals surface area contributed by atoms with Crippen molar-refractivity contribution in [2.75, 3.05) is 7.05 Å². The lowest BCUT2D eigenvalue weighted by atomic mass is 10.2. The number of benzene rings is 2. The van der Waals surface area contributed by atoms with E-state index in [2.05, 4.69) is 51.9 Å². The molecule has 0 unspecified atom stereocenters. The number of ether oxygens (including phenoxy) is 1. The lowest BCUT2D eigenvalue weighted by Crippen LogP contribution is -2.36. The first-order valence-corrected chi connectivity index (χ1v) is 9.76. The molecular weight excluding hydrogens is 489 g/mol. The second kappa shape index (κ2) is 11.6. The summed E-state index contributed by atoms with van der Waals surface area (Å²) >= 11 is 0. The van der Waals surface area contributed by atoms with Crippen molar-refractivity contribution in [3.8, 4) is 5.75 Å². The van der Waals surface area contributed by atoms with Gasteiger partial charge in [-0.2, -0.15) is 5.10 Å². The topological polar surface area (TPSA) is 63.5 Å².